The number of hydrazone groups is 1. The van der Waals surface area contributed by atoms with Gasteiger partial charge < -0.3 is 25.2 Å². The number of phenols is 1. The lowest BCUT2D eigenvalue weighted by atomic mass is 9.95. The van der Waals surface area contributed by atoms with Gasteiger partial charge in [-0.15, -0.1) is 0 Å². The molecule has 1 atom stereocenters. The highest BCUT2D eigenvalue weighted by Crippen LogP contribution is 2.35. The highest BCUT2D eigenvalue weighted by molar-refractivity contribution is 9.10. The van der Waals surface area contributed by atoms with Crippen LogP contribution in [0.25, 0.3) is 0 Å². The third kappa shape index (κ3) is 6.80. The number of hydrogen-bond donors (Lipinski definition) is 4. The summed E-state index contributed by atoms with van der Waals surface area (Å²) >= 11 is 8.29. The Bertz CT molecular complexity index is 1310. The largest absolute Gasteiger partial charge is 0.501 e. The molecule has 1 aliphatic rings. The maximum atomic E-state index is 12.6. The number of carbonyl (C=O) groups is 2. The van der Waals surface area contributed by atoms with Gasteiger partial charge >= 0.3 is 11.7 Å². The summed E-state index contributed by atoms with van der Waals surface area (Å²) in [6.07, 6.45) is 1.18. The Balaban J connectivity index is 1.72. The van der Waals surface area contributed by atoms with E-state index in [2.05, 4.69) is 37.1 Å². The number of esters is 1. The van der Waals surface area contributed by atoms with Crippen LogP contribution >= 0.6 is 28.1 Å². The summed E-state index contributed by atoms with van der Waals surface area (Å²) in [5, 5.41) is 30.8. The van der Waals surface area contributed by atoms with Gasteiger partial charge in [-0.1, -0.05) is 18.2 Å². The first-order valence-electron chi connectivity index (χ1n) is 10.8. The summed E-state index contributed by atoms with van der Waals surface area (Å²) in [7, 11) is 0. The van der Waals surface area contributed by atoms with E-state index in [0.29, 0.717) is 27.7 Å². The third-order valence-corrected chi connectivity index (χ3v) is 5.84. The fourth-order valence-corrected chi connectivity index (χ4v) is 4.17. The molecule has 4 N–H and O–H groups in total. The molecule has 0 bridgehead atoms. The number of allylic oxidation sites excluding steroid dienone is 1. The minimum Gasteiger partial charge on any atom is -0.501 e. The second-order valence-electron chi connectivity index (χ2n) is 7.54. The summed E-state index contributed by atoms with van der Waals surface area (Å²) in [5.74, 6) is -1.31. The Morgan fingerprint density at radius 1 is 1.35 bits per heavy atom. The molecule has 0 unspecified atom stereocenters. The maximum Gasteiger partial charge on any atom is 0.338 e. The van der Waals surface area contributed by atoms with Crippen LogP contribution in [0.3, 0.4) is 0 Å². The minimum atomic E-state index is -0.741. The topological polar surface area (TPSA) is 164 Å². The monoisotopic (exact) mass is 591 g/mol. The molecular formula is C23H22BrN5O7S. The molecule has 37 heavy (non-hydrogen) atoms. The second kappa shape index (κ2) is 12.3. The number of nitro benzene ring substituents is 1. The summed E-state index contributed by atoms with van der Waals surface area (Å²) in [5.41, 5.74) is 3.45. The predicted molar refractivity (Wildman–Crippen MR) is 141 cm³/mol. The number of para-hydroxylation sites is 1. The van der Waals surface area contributed by atoms with Gasteiger partial charge in [0.2, 0.25) is 5.75 Å². The van der Waals surface area contributed by atoms with Crippen molar-refractivity contribution < 1.29 is 29.1 Å². The number of nitrogens with zero attached hydrogens (tertiary/aromatic N) is 2. The Morgan fingerprint density at radius 2 is 2.08 bits per heavy atom. The van der Waals surface area contributed by atoms with Gasteiger partial charge in [0.25, 0.3) is 5.91 Å². The van der Waals surface area contributed by atoms with Gasteiger partial charge in [0.05, 0.1) is 33.8 Å². The Kier molecular flexibility index (Phi) is 9.14. The molecule has 194 valence electrons. The summed E-state index contributed by atoms with van der Waals surface area (Å²) in [4.78, 5) is 35.3. The van der Waals surface area contributed by atoms with E-state index in [9.17, 15) is 24.8 Å². The van der Waals surface area contributed by atoms with Gasteiger partial charge in [0.15, 0.2) is 11.7 Å². The molecule has 0 spiro atoms. The molecule has 0 aliphatic carbocycles. The number of aromatic hydroxyl groups is 1. The van der Waals surface area contributed by atoms with Crippen LogP contribution in [0, 0.1) is 10.1 Å². The van der Waals surface area contributed by atoms with Crippen molar-refractivity contribution in [1.29, 1.82) is 0 Å². The number of ether oxygens (including phenoxy) is 2. The number of amides is 1. The lowest BCUT2D eigenvalue weighted by Gasteiger charge is -2.30. The average molecular weight is 592 g/mol. The maximum absolute atomic E-state index is 12.6. The molecule has 1 heterocycles. The predicted octanol–water partition coefficient (Wildman–Crippen LogP) is 2.95. The zero-order valence-electron chi connectivity index (χ0n) is 19.6. The fraction of sp³-hybridized carbons (Fsp3) is 0.217. The first kappa shape index (κ1) is 27.5. The van der Waals surface area contributed by atoms with Gasteiger partial charge in [0, 0.05) is 22.9 Å². The van der Waals surface area contributed by atoms with E-state index in [4.69, 9.17) is 21.7 Å². The van der Waals surface area contributed by atoms with Gasteiger partial charge in [-0.25, -0.2) is 10.2 Å². The van der Waals surface area contributed by atoms with E-state index < -0.39 is 40.9 Å². The molecule has 0 fully saturated rings. The summed E-state index contributed by atoms with van der Waals surface area (Å²) < 4.78 is 11.0. The fourth-order valence-electron chi connectivity index (χ4n) is 3.43. The lowest BCUT2D eigenvalue weighted by molar-refractivity contribution is -0.386. The number of benzene rings is 2. The zero-order chi connectivity index (χ0) is 27.1. The first-order chi connectivity index (χ1) is 17.6. The van der Waals surface area contributed by atoms with Crippen molar-refractivity contribution in [3.63, 3.8) is 0 Å². The Labute approximate surface area is 225 Å². The van der Waals surface area contributed by atoms with Gasteiger partial charge in [-0.2, -0.15) is 5.10 Å². The van der Waals surface area contributed by atoms with E-state index >= 15 is 0 Å². The van der Waals surface area contributed by atoms with Crippen molar-refractivity contribution >= 4 is 57.0 Å². The molecule has 1 aliphatic heterocycles. The van der Waals surface area contributed by atoms with E-state index in [1.54, 1.807) is 38.1 Å². The molecule has 0 saturated heterocycles. The molecule has 14 heteroatoms. The van der Waals surface area contributed by atoms with Crippen molar-refractivity contribution in [2.75, 3.05) is 13.2 Å². The number of carbonyl (C=O) groups excluding carboxylic acids is 2. The van der Waals surface area contributed by atoms with Gasteiger partial charge in [-0.05, 0) is 54.1 Å². The SMILES string of the molecule is CCOC(=O)C1=C(C)NC(=S)N[C@H]1c1ccccc1OCC(=O)NN=Cc1cc(Br)c(O)c([N+](=O)[O-])c1. The zero-order valence-corrected chi connectivity index (χ0v) is 22.0. The smallest absolute Gasteiger partial charge is 0.338 e. The molecule has 1 amide bonds. The van der Waals surface area contributed by atoms with Crippen molar-refractivity contribution in [2.24, 2.45) is 5.10 Å². The van der Waals surface area contributed by atoms with Crippen molar-refractivity contribution in [1.82, 2.24) is 16.1 Å². The van der Waals surface area contributed by atoms with Gasteiger partial charge in [0.1, 0.15) is 5.75 Å². The Morgan fingerprint density at radius 3 is 2.78 bits per heavy atom. The normalized spacial score (nSPS) is 15.1. The lowest BCUT2D eigenvalue weighted by Crippen LogP contribution is -2.45. The van der Waals surface area contributed by atoms with Crippen LogP contribution in [0.5, 0.6) is 11.5 Å². The van der Waals surface area contributed by atoms with Gasteiger partial charge in [-0.3, -0.25) is 14.9 Å². The average Bonchev–Trinajstić information content (AvgIpc) is 2.84. The van der Waals surface area contributed by atoms with Crippen LogP contribution in [0.4, 0.5) is 5.69 Å². The van der Waals surface area contributed by atoms with E-state index in [1.807, 2.05) is 0 Å². The molecule has 0 saturated carbocycles. The first-order valence-corrected chi connectivity index (χ1v) is 12.0. The summed E-state index contributed by atoms with van der Waals surface area (Å²) in [6, 6.07) is 8.68. The van der Waals surface area contributed by atoms with E-state index in [-0.39, 0.29) is 16.6 Å². The van der Waals surface area contributed by atoms with Crippen LogP contribution in [-0.2, 0) is 14.3 Å². The molecular weight excluding hydrogens is 570 g/mol. The quantitative estimate of drug-likeness (QED) is 0.112. The highest BCUT2D eigenvalue weighted by atomic mass is 79.9. The van der Waals surface area contributed by atoms with Crippen molar-refractivity contribution in [3.05, 3.63) is 73.4 Å². The number of hydrogen-bond acceptors (Lipinski definition) is 9. The summed E-state index contributed by atoms with van der Waals surface area (Å²) in [6.45, 7) is 3.19. The number of rotatable bonds is 9. The van der Waals surface area contributed by atoms with Crippen LogP contribution in [-0.4, -0.2) is 46.4 Å². The number of thiocarbonyl (C=S) groups is 1. The van der Waals surface area contributed by atoms with Crippen LogP contribution < -0.4 is 20.8 Å². The standard InChI is InChI=1S/C23H22BrN5O7S/c1-3-35-22(32)19-12(2)26-23(37)27-20(19)14-6-4-5-7-17(14)36-11-18(30)28-25-10-13-8-15(24)21(31)16(9-13)29(33)34/h4-10,20,31H,3,11H2,1-2H3,(H,28,30)(H2,26,27,37)/t20-/m0/s1. The molecule has 3 rings (SSSR count). The highest BCUT2D eigenvalue weighted by Gasteiger charge is 2.32. The van der Waals surface area contributed by atoms with Crippen LogP contribution in [0.1, 0.15) is 31.0 Å². The molecule has 2 aromatic rings. The third-order valence-electron chi connectivity index (χ3n) is 5.02. The molecule has 0 radical (unpaired) electrons. The number of halogens is 1. The van der Waals surface area contributed by atoms with E-state index in [0.717, 1.165) is 6.07 Å². The van der Waals surface area contributed by atoms with E-state index in [1.165, 1.54) is 12.3 Å². The number of nitro groups is 1. The van der Waals surface area contributed by atoms with Crippen molar-refractivity contribution in [3.8, 4) is 11.5 Å². The number of phenolic OH excluding ortho intramolecular Hbond substituents is 1. The van der Waals surface area contributed by atoms with Crippen molar-refractivity contribution in [2.45, 2.75) is 19.9 Å². The minimum absolute atomic E-state index is 0.104. The molecule has 12 nitrogen and oxygen atoms in total. The molecule has 0 aromatic heterocycles. The second-order valence-corrected chi connectivity index (χ2v) is 8.80. The van der Waals surface area contributed by atoms with Crippen LogP contribution in [0.15, 0.2) is 57.2 Å². The Hall–Kier alpha value is -4.04. The molecule has 2 aromatic carbocycles. The number of nitrogens with one attached hydrogen (secondary N) is 3. The van der Waals surface area contributed by atoms with Crippen LogP contribution in [0.2, 0.25) is 0 Å².